The molecule has 5 heteroatoms. The number of aryl methyl sites for hydroxylation is 1. The molecule has 0 fully saturated rings. The summed E-state index contributed by atoms with van der Waals surface area (Å²) in [5.41, 5.74) is 2.39. The number of nitrogens with one attached hydrogen (secondary N) is 1. The Bertz CT molecular complexity index is 688. The molecule has 1 amide bonds. The van der Waals surface area contributed by atoms with Crippen LogP contribution in [0, 0.1) is 0 Å². The highest BCUT2D eigenvalue weighted by atomic mass is 32.1. The molecular formula is C16H15NO3S. The molecule has 0 saturated heterocycles. The van der Waals surface area contributed by atoms with Crippen LogP contribution in [0.5, 0.6) is 0 Å². The maximum atomic E-state index is 12.2. The van der Waals surface area contributed by atoms with E-state index in [9.17, 15) is 9.59 Å². The van der Waals surface area contributed by atoms with Gasteiger partial charge in [-0.1, -0.05) is 19.1 Å². The number of carbonyl (C=O) groups is 2. The van der Waals surface area contributed by atoms with Gasteiger partial charge in [-0.05, 0) is 47.2 Å². The van der Waals surface area contributed by atoms with Crippen molar-refractivity contribution in [3.05, 3.63) is 57.8 Å². The smallest absolute Gasteiger partial charge is 0.328 e. The molecular weight excluding hydrogens is 286 g/mol. The fraction of sp³-hybridized carbons (Fsp3) is 0.125. The van der Waals surface area contributed by atoms with Crippen molar-refractivity contribution in [1.29, 1.82) is 0 Å². The Labute approximate surface area is 126 Å². The minimum absolute atomic E-state index is 0.138. The number of carbonyl (C=O) groups excluding carboxylic acids is 1. The number of benzene rings is 1. The van der Waals surface area contributed by atoms with Crippen LogP contribution in [0.4, 0.5) is 5.69 Å². The van der Waals surface area contributed by atoms with Gasteiger partial charge in [0.2, 0.25) is 0 Å². The number of hydrogen-bond acceptors (Lipinski definition) is 3. The van der Waals surface area contributed by atoms with Crippen LogP contribution in [-0.2, 0) is 11.2 Å². The van der Waals surface area contributed by atoms with Gasteiger partial charge >= 0.3 is 5.97 Å². The van der Waals surface area contributed by atoms with Crippen LogP contribution in [0.3, 0.4) is 0 Å². The molecule has 1 heterocycles. The molecule has 21 heavy (non-hydrogen) atoms. The van der Waals surface area contributed by atoms with Gasteiger partial charge in [0.1, 0.15) is 0 Å². The van der Waals surface area contributed by atoms with Crippen LogP contribution in [0.2, 0.25) is 0 Å². The van der Waals surface area contributed by atoms with E-state index in [0.717, 1.165) is 23.6 Å². The summed E-state index contributed by atoms with van der Waals surface area (Å²) < 4.78 is 0. The van der Waals surface area contributed by atoms with E-state index < -0.39 is 5.97 Å². The lowest BCUT2D eigenvalue weighted by Crippen LogP contribution is -2.11. The van der Waals surface area contributed by atoms with E-state index in [4.69, 9.17) is 5.11 Å². The van der Waals surface area contributed by atoms with E-state index in [2.05, 4.69) is 5.32 Å². The van der Waals surface area contributed by atoms with Crippen molar-refractivity contribution in [1.82, 2.24) is 0 Å². The van der Waals surface area contributed by atoms with Gasteiger partial charge < -0.3 is 10.4 Å². The van der Waals surface area contributed by atoms with Gasteiger partial charge in [-0.15, -0.1) is 11.3 Å². The first-order valence-electron chi connectivity index (χ1n) is 6.49. The molecule has 108 valence electrons. The summed E-state index contributed by atoms with van der Waals surface area (Å²) >= 11 is 1.42. The van der Waals surface area contributed by atoms with Crippen molar-refractivity contribution in [2.24, 2.45) is 0 Å². The first kappa shape index (κ1) is 15.0. The summed E-state index contributed by atoms with van der Waals surface area (Å²) in [5.74, 6) is -1.14. The van der Waals surface area contributed by atoms with Crippen LogP contribution >= 0.6 is 11.3 Å². The summed E-state index contributed by atoms with van der Waals surface area (Å²) in [6, 6.07) is 9.00. The van der Waals surface area contributed by atoms with Gasteiger partial charge in [0.05, 0.1) is 4.88 Å². The van der Waals surface area contributed by atoms with Gasteiger partial charge in [0.25, 0.3) is 5.91 Å². The second kappa shape index (κ2) is 6.85. The number of amides is 1. The Kier molecular flexibility index (Phi) is 4.90. The Morgan fingerprint density at radius 2 is 2.14 bits per heavy atom. The van der Waals surface area contributed by atoms with Crippen molar-refractivity contribution in [3.8, 4) is 0 Å². The van der Waals surface area contributed by atoms with E-state index in [0.29, 0.717) is 10.6 Å². The summed E-state index contributed by atoms with van der Waals surface area (Å²) in [6.45, 7) is 2.01. The molecule has 0 unspecified atom stereocenters. The SMILES string of the molecule is CCc1ccsc1C(=O)Nc1cccc(/C=C/C(=O)O)c1. The number of rotatable bonds is 5. The lowest BCUT2D eigenvalue weighted by Gasteiger charge is -2.06. The molecule has 1 aromatic heterocycles. The van der Waals surface area contributed by atoms with Gasteiger partial charge in [-0.3, -0.25) is 4.79 Å². The highest BCUT2D eigenvalue weighted by molar-refractivity contribution is 7.12. The summed E-state index contributed by atoms with van der Waals surface area (Å²) in [6.07, 6.45) is 3.36. The van der Waals surface area contributed by atoms with Gasteiger partial charge in [0.15, 0.2) is 0 Å². The van der Waals surface area contributed by atoms with Crippen LogP contribution in [0.15, 0.2) is 41.8 Å². The Balaban J connectivity index is 2.14. The van der Waals surface area contributed by atoms with Gasteiger partial charge in [0, 0.05) is 11.8 Å². The number of carboxylic acid groups (broad SMARTS) is 1. The molecule has 2 N–H and O–H groups in total. The van der Waals surface area contributed by atoms with Crippen LogP contribution in [0.25, 0.3) is 6.08 Å². The maximum Gasteiger partial charge on any atom is 0.328 e. The highest BCUT2D eigenvalue weighted by Crippen LogP contribution is 2.20. The highest BCUT2D eigenvalue weighted by Gasteiger charge is 2.12. The van der Waals surface area contributed by atoms with Crippen molar-refractivity contribution < 1.29 is 14.7 Å². The minimum Gasteiger partial charge on any atom is -0.478 e. The molecule has 4 nitrogen and oxygen atoms in total. The number of anilines is 1. The summed E-state index contributed by atoms with van der Waals surface area (Å²) in [7, 11) is 0. The standard InChI is InChI=1S/C16H15NO3S/c1-2-12-8-9-21-15(12)16(20)17-13-5-3-4-11(10-13)6-7-14(18)19/h3-10H,2H2,1H3,(H,17,20)(H,18,19)/b7-6+. The summed E-state index contributed by atoms with van der Waals surface area (Å²) in [5, 5.41) is 13.4. The van der Waals surface area contributed by atoms with Crippen LogP contribution in [-0.4, -0.2) is 17.0 Å². The van der Waals surface area contributed by atoms with Crippen molar-refractivity contribution in [2.75, 3.05) is 5.32 Å². The normalized spacial score (nSPS) is 10.7. The van der Waals surface area contributed by atoms with Crippen molar-refractivity contribution >= 4 is 35.0 Å². The molecule has 1 aromatic carbocycles. The fourth-order valence-corrected chi connectivity index (χ4v) is 2.78. The Morgan fingerprint density at radius 1 is 1.33 bits per heavy atom. The molecule has 0 atom stereocenters. The quantitative estimate of drug-likeness (QED) is 0.828. The molecule has 0 bridgehead atoms. The predicted molar refractivity (Wildman–Crippen MR) is 84.8 cm³/mol. The maximum absolute atomic E-state index is 12.2. The fourth-order valence-electron chi connectivity index (χ4n) is 1.89. The molecule has 0 radical (unpaired) electrons. The molecule has 2 aromatic rings. The Morgan fingerprint density at radius 3 is 2.86 bits per heavy atom. The van der Waals surface area contributed by atoms with Crippen molar-refractivity contribution in [3.63, 3.8) is 0 Å². The average molecular weight is 301 g/mol. The lowest BCUT2D eigenvalue weighted by atomic mass is 10.1. The molecule has 0 aliphatic carbocycles. The summed E-state index contributed by atoms with van der Waals surface area (Å²) in [4.78, 5) is 23.4. The molecule has 0 spiro atoms. The second-order valence-corrected chi connectivity index (χ2v) is 5.30. The zero-order valence-corrected chi connectivity index (χ0v) is 12.3. The largest absolute Gasteiger partial charge is 0.478 e. The molecule has 2 rings (SSSR count). The predicted octanol–water partition coefficient (Wildman–Crippen LogP) is 3.66. The monoisotopic (exact) mass is 301 g/mol. The van der Waals surface area contributed by atoms with E-state index in [1.165, 1.54) is 17.4 Å². The van der Waals surface area contributed by atoms with E-state index in [1.54, 1.807) is 24.3 Å². The molecule has 0 aliphatic rings. The minimum atomic E-state index is -1.00. The van der Waals surface area contributed by atoms with Gasteiger partial charge in [-0.2, -0.15) is 0 Å². The molecule has 0 aliphatic heterocycles. The van der Waals surface area contributed by atoms with Crippen molar-refractivity contribution in [2.45, 2.75) is 13.3 Å². The number of carboxylic acids is 1. The third-order valence-corrected chi connectivity index (χ3v) is 3.85. The topological polar surface area (TPSA) is 66.4 Å². The van der Waals surface area contributed by atoms with Gasteiger partial charge in [-0.25, -0.2) is 4.79 Å². The molecule has 0 saturated carbocycles. The second-order valence-electron chi connectivity index (χ2n) is 4.38. The number of thiophene rings is 1. The van der Waals surface area contributed by atoms with E-state index in [-0.39, 0.29) is 5.91 Å². The first-order chi connectivity index (χ1) is 10.1. The zero-order chi connectivity index (χ0) is 15.2. The third kappa shape index (κ3) is 4.03. The average Bonchev–Trinajstić information content (AvgIpc) is 2.94. The van der Waals surface area contributed by atoms with Crippen LogP contribution in [0.1, 0.15) is 27.7 Å². The lowest BCUT2D eigenvalue weighted by molar-refractivity contribution is -0.131. The number of aliphatic carboxylic acids is 1. The first-order valence-corrected chi connectivity index (χ1v) is 7.37. The third-order valence-electron chi connectivity index (χ3n) is 2.90. The van der Waals surface area contributed by atoms with E-state index in [1.807, 2.05) is 18.4 Å². The zero-order valence-electron chi connectivity index (χ0n) is 11.5. The Hall–Kier alpha value is -2.40. The van der Waals surface area contributed by atoms with Crippen LogP contribution < -0.4 is 5.32 Å². The number of hydrogen-bond donors (Lipinski definition) is 2. The van der Waals surface area contributed by atoms with E-state index >= 15 is 0 Å².